The molecule has 0 bridgehead atoms. The molecule has 0 atom stereocenters. The number of aromatic nitrogens is 2. The zero-order valence-corrected chi connectivity index (χ0v) is 13.4. The number of amides is 1. The summed E-state index contributed by atoms with van der Waals surface area (Å²) in [6.07, 6.45) is 0.379. The van der Waals surface area contributed by atoms with Crippen LogP contribution in [0.1, 0.15) is 34.1 Å². The number of nitrogens with one attached hydrogen (secondary N) is 2. The van der Waals surface area contributed by atoms with Crippen LogP contribution in [0.4, 0.5) is 5.95 Å². The summed E-state index contributed by atoms with van der Waals surface area (Å²) in [5, 5.41) is 0.566. The molecule has 1 heterocycles. The molecule has 0 fully saturated rings. The molecule has 22 heavy (non-hydrogen) atoms. The van der Waals surface area contributed by atoms with Crippen molar-refractivity contribution in [3.05, 3.63) is 34.6 Å². The number of rotatable bonds is 4. The van der Waals surface area contributed by atoms with Gasteiger partial charge in [0, 0.05) is 13.0 Å². The fourth-order valence-electron chi connectivity index (χ4n) is 2.21. The monoisotopic (exact) mass is 302 g/mol. The van der Waals surface area contributed by atoms with Crippen LogP contribution in [0.5, 0.6) is 0 Å². The Labute approximate surface area is 129 Å². The lowest BCUT2D eigenvalue weighted by atomic mass is 9.92. The number of hydrazine groups is 1. The minimum absolute atomic E-state index is 0.104. The van der Waals surface area contributed by atoms with Gasteiger partial charge < -0.3 is 0 Å². The van der Waals surface area contributed by atoms with E-state index in [1.807, 2.05) is 39.8 Å². The Kier molecular flexibility index (Phi) is 4.49. The van der Waals surface area contributed by atoms with Gasteiger partial charge in [0.1, 0.15) is 0 Å². The molecule has 0 aliphatic rings. The van der Waals surface area contributed by atoms with E-state index >= 15 is 0 Å². The van der Waals surface area contributed by atoms with Crippen LogP contribution < -0.4 is 16.4 Å². The number of hydrogen-bond donors (Lipinski definition) is 2. The normalized spacial score (nSPS) is 11.5. The second-order valence-electron chi connectivity index (χ2n) is 6.41. The topological polar surface area (TPSA) is 76.0 Å². The van der Waals surface area contributed by atoms with Crippen molar-refractivity contribution in [2.45, 2.75) is 40.7 Å². The molecule has 118 valence electrons. The number of anilines is 1. The van der Waals surface area contributed by atoms with Crippen LogP contribution in [0.15, 0.2) is 29.1 Å². The minimum Gasteiger partial charge on any atom is -0.277 e. The zero-order valence-electron chi connectivity index (χ0n) is 13.4. The molecular weight excluding hydrogens is 280 g/mol. The van der Waals surface area contributed by atoms with Gasteiger partial charge in [0.15, 0.2) is 0 Å². The zero-order chi connectivity index (χ0) is 16.3. The predicted molar refractivity (Wildman–Crippen MR) is 87.5 cm³/mol. The van der Waals surface area contributed by atoms with Crippen molar-refractivity contribution in [1.82, 2.24) is 15.0 Å². The van der Waals surface area contributed by atoms with E-state index in [0.717, 1.165) is 0 Å². The molecule has 0 aliphatic heterocycles. The maximum atomic E-state index is 12.4. The van der Waals surface area contributed by atoms with Gasteiger partial charge in [-0.15, -0.1) is 0 Å². The molecule has 2 rings (SSSR count). The van der Waals surface area contributed by atoms with Gasteiger partial charge >= 0.3 is 0 Å². The van der Waals surface area contributed by atoms with Crippen molar-refractivity contribution >= 4 is 22.8 Å². The lowest BCUT2D eigenvalue weighted by molar-refractivity contribution is -0.122. The lowest BCUT2D eigenvalue weighted by Gasteiger charge is -2.18. The number of carbonyl (C=O) groups excluding carboxylic acids is 1. The Morgan fingerprint density at radius 2 is 1.95 bits per heavy atom. The van der Waals surface area contributed by atoms with Crippen molar-refractivity contribution in [1.29, 1.82) is 0 Å². The number of fused-ring (bicyclic) bond motifs is 1. The first-order chi connectivity index (χ1) is 10.3. The summed E-state index contributed by atoms with van der Waals surface area (Å²) in [5.41, 5.74) is 5.76. The third-order valence-electron chi connectivity index (χ3n) is 3.18. The van der Waals surface area contributed by atoms with E-state index in [0.29, 0.717) is 29.8 Å². The fourth-order valence-corrected chi connectivity index (χ4v) is 2.21. The van der Waals surface area contributed by atoms with Gasteiger partial charge in [-0.2, -0.15) is 0 Å². The third-order valence-corrected chi connectivity index (χ3v) is 3.18. The summed E-state index contributed by atoms with van der Waals surface area (Å²) in [4.78, 5) is 28.7. The molecular formula is C16H22N4O2. The number of carbonyl (C=O) groups is 1. The van der Waals surface area contributed by atoms with Crippen molar-refractivity contribution in [3.63, 3.8) is 0 Å². The minimum atomic E-state index is -0.141. The Morgan fingerprint density at radius 3 is 2.59 bits per heavy atom. The third kappa shape index (κ3) is 3.63. The standard InChI is InChI=1S/C16H22N4O2/c1-5-20-14(22)11-8-6-7-9-12(11)17-15(20)19-18-13(21)10-16(2,3)4/h6-9H,5,10H2,1-4H3,(H,17,19)(H,18,21). The number of hydrogen-bond acceptors (Lipinski definition) is 4. The average molecular weight is 302 g/mol. The van der Waals surface area contributed by atoms with Crippen molar-refractivity contribution in [2.24, 2.45) is 5.41 Å². The summed E-state index contributed by atoms with van der Waals surface area (Å²) in [6.45, 7) is 8.29. The molecule has 1 aromatic heterocycles. The van der Waals surface area contributed by atoms with Crippen LogP contribution in [0, 0.1) is 5.41 Å². The highest BCUT2D eigenvalue weighted by atomic mass is 16.2. The Bertz CT molecular complexity index is 744. The Hall–Kier alpha value is -2.37. The largest absolute Gasteiger partial charge is 0.277 e. The smallest absolute Gasteiger partial charge is 0.262 e. The highest BCUT2D eigenvalue weighted by molar-refractivity contribution is 5.80. The summed E-state index contributed by atoms with van der Waals surface area (Å²) in [6, 6.07) is 7.16. The summed E-state index contributed by atoms with van der Waals surface area (Å²) < 4.78 is 1.50. The molecule has 1 amide bonds. The maximum Gasteiger partial charge on any atom is 0.262 e. The van der Waals surface area contributed by atoms with Crippen LogP contribution in [0.25, 0.3) is 10.9 Å². The lowest BCUT2D eigenvalue weighted by Crippen LogP contribution is -2.35. The van der Waals surface area contributed by atoms with E-state index in [1.54, 1.807) is 12.1 Å². The van der Waals surface area contributed by atoms with Gasteiger partial charge in [0.2, 0.25) is 11.9 Å². The SMILES string of the molecule is CCn1c(NNC(=O)CC(C)(C)C)nc2ccccc2c1=O. The van der Waals surface area contributed by atoms with Gasteiger partial charge in [0.05, 0.1) is 10.9 Å². The molecule has 6 nitrogen and oxygen atoms in total. The highest BCUT2D eigenvalue weighted by Gasteiger charge is 2.16. The molecule has 6 heteroatoms. The van der Waals surface area contributed by atoms with Gasteiger partial charge in [-0.3, -0.25) is 25.0 Å². The van der Waals surface area contributed by atoms with Crippen LogP contribution in [-0.2, 0) is 11.3 Å². The average Bonchev–Trinajstić information content (AvgIpc) is 2.43. The van der Waals surface area contributed by atoms with Crippen molar-refractivity contribution in [3.8, 4) is 0 Å². The quantitative estimate of drug-likeness (QED) is 0.850. The number of benzene rings is 1. The second-order valence-corrected chi connectivity index (χ2v) is 6.41. The number of para-hydroxylation sites is 1. The van der Waals surface area contributed by atoms with Crippen molar-refractivity contribution in [2.75, 3.05) is 5.43 Å². The molecule has 0 saturated heterocycles. The molecule has 2 N–H and O–H groups in total. The van der Waals surface area contributed by atoms with Gasteiger partial charge in [0.25, 0.3) is 5.56 Å². The van der Waals surface area contributed by atoms with Crippen molar-refractivity contribution < 1.29 is 4.79 Å². The Morgan fingerprint density at radius 1 is 1.27 bits per heavy atom. The molecule has 1 aromatic carbocycles. The van der Waals surface area contributed by atoms with Crippen LogP contribution in [0.2, 0.25) is 0 Å². The molecule has 0 radical (unpaired) electrons. The van der Waals surface area contributed by atoms with Gasteiger partial charge in [-0.25, -0.2) is 4.98 Å². The first kappa shape index (κ1) is 16.0. The molecule has 0 spiro atoms. The second kappa shape index (κ2) is 6.17. The highest BCUT2D eigenvalue weighted by Crippen LogP contribution is 2.17. The van der Waals surface area contributed by atoms with E-state index in [-0.39, 0.29) is 16.9 Å². The van der Waals surface area contributed by atoms with E-state index in [2.05, 4.69) is 15.8 Å². The van der Waals surface area contributed by atoms with Crippen LogP contribution in [0.3, 0.4) is 0 Å². The van der Waals surface area contributed by atoms with E-state index in [9.17, 15) is 9.59 Å². The first-order valence-corrected chi connectivity index (χ1v) is 7.36. The molecule has 0 saturated carbocycles. The first-order valence-electron chi connectivity index (χ1n) is 7.36. The predicted octanol–water partition coefficient (Wildman–Crippen LogP) is 2.30. The Balaban J connectivity index is 2.27. The molecule has 0 aliphatic carbocycles. The summed E-state index contributed by atoms with van der Waals surface area (Å²) in [5.74, 6) is 0.200. The van der Waals surface area contributed by atoms with Gasteiger partial charge in [-0.05, 0) is 24.5 Å². The summed E-state index contributed by atoms with van der Waals surface area (Å²) in [7, 11) is 0. The molecule has 0 unspecified atom stereocenters. The summed E-state index contributed by atoms with van der Waals surface area (Å²) >= 11 is 0. The fraction of sp³-hybridized carbons (Fsp3) is 0.438. The van der Waals surface area contributed by atoms with E-state index in [4.69, 9.17) is 0 Å². The van der Waals surface area contributed by atoms with Crippen LogP contribution in [-0.4, -0.2) is 15.5 Å². The molecule has 2 aromatic rings. The number of nitrogens with zero attached hydrogens (tertiary/aromatic N) is 2. The maximum absolute atomic E-state index is 12.4. The van der Waals surface area contributed by atoms with Gasteiger partial charge in [-0.1, -0.05) is 32.9 Å². The van der Waals surface area contributed by atoms with E-state index < -0.39 is 0 Å². The van der Waals surface area contributed by atoms with E-state index in [1.165, 1.54) is 4.57 Å². The van der Waals surface area contributed by atoms with Crippen LogP contribution >= 0.6 is 0 Å².